The SMILES string of the molecule is COC(=O)COc1ccc(NC(=O)[C@H]2NCCO[C@@H]2C)c(C)c1. The van der Waals surface area contributed by atoms with Crippen molar-refractivity contribution >= 4 is 17.6 Å². The van der Waals surface area contributed by atoms with E-state index in [9.17, 15) is 9.59 Å². The molecule has 7 heteroatoms. The molecule has 0 aromatic heterocycles. The number of benzene rings is 1. The van der Waals surface area contributed by atoms with Crippen LogP contribution in [0.5, 0.6) is 5.75 Å². The number of morpholine rings is 1. The zero-order chi connectivity index (χ0) is 16.8. The number of carbonyl (C=O) groups is 2. The zero-order valence-electron chi connectivity index (χ0n) is 13.5. The van der Waals surface area contributed by atoms with Crippen molar-refractivity contribution in [3.8, 4) is 5.75 Å². The molecule has 0 unspecified atom stereocenters. The van der Waals surface area contributed by atoms with Crippen LogP contribution in [0.1, 0.15) is 12.5 Å². The van der Waals surface area contributed by atoms with Crippen molar-refractivity contribution in [1.82, 2.24) is 5.32 Å². The number of nitrogens with one attached hydrogen (secondary N) is 2. The van der Waals surface area contributed by atoms with Crippen molar-refractivity contribution in [3.05, 3.63) is 23.8 Å². The first-order chi connectivity index (χ1) is 11.0. The van der Waals surface area contributed by atoms with Crippen LogP contribution < -0.4 is 15.4 Å². The summed E-state index contributed by atoms with van der Waals surface area (Å²) >= 11 is 0. The molecular weight excluding hydrogens is 300 g/mol. The van der Waals surface area contributed by atoms with E-state index < -0.39 is 5.97 Å². The van der Waals surface area contributed by atoms with E-state index in [1.54, 1.807) is 18.2 Å². The molecule has 0 spiro atoms. The van der Waals surface area contributed by atoms with Gasteiger partial charge in [-0.1, -0.05) is 0 Å². The van der Waals surface area contributed by atoms with Gasteiger partial charge in [0.2, 0.25) is 5.91 Å². The summed E-state index contributed by atoms with van der Waals surface area (Å²) < 4.78 is 15.3. The van der Waals surface area contributed by atoms with Crippen LogP contribution in [-0.4, -0.2) is 50.9 Å². The van der Waals surface area contributed by atoms with Crippen LogP contribution in [-0.2, 0) is 19.1 Å². The van der Waals surface area contributed by atoms with Crippen LogP contribution in [0.3, 0.4) is 0 Å². The van der Waals surface area contributed by atoms with E-state index in [1.807, 2.05) is 13.8 Å². The fraction of sp³-hybridized carbons (Fsp3) is 0.500. The lowest BCUT2D eigenvalue weighted by molar-refractivity contribution is -0.142. The number of aryl methyl sites for hydroxylation is 1. The lowest BCUT2D eigenvalue weighted by Gasteiger charge is -2.29. The predicted octanol–water partition coefficient (Wildman–Crippen LogP) is 0.862. The van der Waals surface area contributed by atoms with Crippen molar-refractivity contribution < 1.29 is 23.8 Å². The molecular formula is C16H22N2O5. The number of esters is 1. The molecule has 2 N–H and O–H groups in total. The fourth-order valence-electron chi connectivity index (χ4n) is 2.31. The van der Waals surface area contributed by atoms with Crippen molar-refractivity contribution in [1.29, 1.82) is 0 Å². The van der Waals surface area contributed by atoms with Gasteiger partial charge in [0.15, 0.2) is 6.61 Å². The Morgan fingerprint density at radius 1 is 1.43 bits per heavy atom. The Morgan fingerprint density at radius 3 is 2.87 bits per heavy atom. The van der Waals surface area contributed by atoms with E-state index in [0.717, 1.165) is 5.56 Å². The Kier molecular flexibility index (Phi) is 5.95. The molecule has 1 aromatic rings. The number of amides is 1. The fourth-order valence-corrected chi connectivity index (χ4v) is 2.31. The molecule has 1 aromatic carbocycles. The molecule has 1 aliphatic rings. The zero-order valence-corrected chi connectivity index (χ0v) is 13.5. The van der Waals surface area contributed by atoms with Gasteiger partial charge in [-0.05, 0) is 37.6 Å². The molecule has 126 valence electrons. The van der Waals surface area contributed by atoms with E-state index in [1.165, 1.54) is 7.11 Å². The molecule has 0 saturated carbocycles. The first kappa shape index (κ1) is 17.2. The van der Waals surface area contributed by atoms with Gasteiger partial charge in [-0.15, -0.1) is 0 Å². The van der Waals surface area contributed by atoms with Gasteiger partial charge in [0.1, 0.15) is 11.8 Å². The maximum Gasteiger partial charge on any atom is 0.343 e. The van der Waals surface area contributed by atoms with E-state index >= 15 is 0 Å². The second-order valence-corrected chi connectivity index (χ2v) is 5.34. The number of methoxy groups -OCH3 is 1. The lowest BCUT2D eigenvalue weighted by Crippen LogP contribution is -2.53. The summed E-state index contributed by atoms with van der Waals surface area (Å²) in [7, 11) is 1.31. The summed E-state index contributed by atoms with van der Waals surface area (Å²) in [6, 6.07) is 4.82. The van der Waals surface area contributed by atoms with Crippen LogP contribution in [0.15, 0.2) is 18.2 Å². The summed E-state index contributed by atoms with van der Waals surface area (Å²) in [5.41, 5.74) is 1.53. The Morgan fingerprint density at radius 2 is 2.22 bits per heavy atom. The van der Waals surface area contributed by atoms with Crippen molar-refractivity contribution in [2.24, 2.45) is 0 Å². The normalized spacial score (nSPS) is 20.7. The number of ether oxygens (including phenoxy) is 3. The van der Waals surface area contributed by atoms with E-state index in [4.69, 9.17) is 9.47 Å². The lowest BCUT2D eigenvalue weighted by atomic mass is 10.1. The molecule has 2 atom stereocenters. The third-order valence-electron chi connectivity index (χ3n) is 3.64. The van der Waals surface area contributed by atoms with Crippen molar-refractivity contribution in [2.75, 3.05) is 32.2 Å². The van der Waals surface area contributed by atoms with Gasteiger partial charge < -0.3 is 24.8 Å². The van der Waals surface area contributed by atoms with Crippen molar-refractivity contribution in [3.63, 3.8) is 0 Å². The first-order valence-corrected chi connectivity index (χ1v) is 7.47. The van der Waals surface area contributed by atoms with Gasteiger partial charge in [-0.25, -0.2) is 4.79 Å². The average molecular weight is 322 g/mol. The third kappa shape index (κ3) is 4.67. The molecule has 2 rings (SSSR count). The number of rotatable bonds is 5. The summed E-state index contributed by atoms with van der Waals surface area (Å²) in [5, 5.41) is 6.03. The van der Waals surface area contributed by atoms with Gasteiger partial charge in [0.25, 0.3) is 0 Å². The Balaban J connectivity index is 1.97. The highest BCUT2D eigenvalue weighted by Crippen LogP contribution is 2.22. The molecule has 0 aliphatic carbocycles. The third-order valence-corrected chi connectivity index (χ3v) is 3.64. The number of anilines is 1. The van der Waals surface area contributed by atoms with Crippen LogP contribution >= 0.6 is 0 Å². The van der Waals surface area contributed by atoms with Gasteiger partial charge in [-0.2, -0.15) is 0 Å². The monoisotopic (exact) mass is 322 g/mol. The molecule has 23 heavy (non-hydrogen) atoms. The second kappa shape index (κ2) is 7.94. The quantitative estimate of drug-likeness (QED) is 0.782. The minimum absolute atomic E-state index is 0.136. The summed E-state index contributed by atoms with van der Waals surface area (Å²) in [6.07, 6.45) is -0.174. The number of hydrogen-bond acceptors (Lipinski definition) is 6. The van der Waals surface area contributed by atoms with Gasteiger partial charge in [0, 0.05) is 12.2 Å². The molecule has 0 bridgehead atoms. The molecule has 7 nitrogen and oxygen atoms in total. The molecule has 1 heterocycles. The maximum absolute atomic E-state index is 12.3. The number of hydrogen-bond donors (Lipinski definition) is 2. The van der Waals surface area contributed by atoms with Gasteiger partial charge in [0.05, 0.1) is 19.8 Å². The van der Waals surface area contributed by atoms with Crippen LogP contribution in [0.25, 0.3) is 0 Å². The predicted molar refractivity (Wildman–Crippen MR) is 84.5 cm³/mol. The summed E-state index contributed by atoms with van der Waals surface area (Å²) in [5.74, 6) is -0.0423. The highest BCUT2D eigenvalue weighted by atomic mass is 16.6. The van der Waals surface area contributed by atoms with Gasteiger partial charge in [-0.3, -0.25) is 4.79 Å². The van der Waals surface area contributed by atoms with Crippen molar-refractivity contribution in [2.45, 2.75) is 26.0 Å². The van der Waals surface area contributed by atoms with Crippen LogP contribution in [0, 0.1) is 6.92 Å². The first-order valence-electron chi connectivity index (χ1n) is 7.47. The largest absolute Gasteiger partial charge is 0.482 e. The molecule has 1 fully saturated rings. The Hall–Kier alpha value is -2.12. The molecule has 1 aliphatic heterocycles. The van der Waals surface area contributed by atoms with Gasteiger partial charge >= 0.3 is 5.97 Å². The Labute approximate surface area is 135 Å². The summed E-state index contributed by atoms with van der Waals surface area (Å²) in [4.78, 5) is 23.4. The summed E-state index contributed by atoms with van der Waals surface area (Å²) in [6.45, 7) is 4.84. The topological polar surface area (TPSA) is 85.9 Å². The van der Waals surface area contributed by atoms with E-state index in [2.05, 4.69) is 15.4 Å². The molecule has 0 radical (unpaired) electrons. The standard InChI is InChI=1S/C16H22N2O5/c1-10-8-12(23-9-14(19)21-3)4-5-13(10)18-16(20)15-11(2)22-7-6-17-15/h4-5,8,11,15,17H,6-7,9H2,1-3H3,(H,18,20)/t11-,15+/m1/s1. The van der Waals surface area contributed by atoms with Crippen LogP contribution in [0.4, 0.5) is 5.69 Å². The minimum Gasteiger partial charge on any atom is -0.482 e. The van der Waals surface area contributed by atoms with E-state index in [-0.39, 0.29) is 24.7 Å². The molecule has 1 amide bonds. The smallest absolute Gasteiger partial charge is 0.343 e. The maximum atomic E-state index is 12.3. The molecule has 1 saturated heterocycles. The second-order valence-electron chi connectivity index (χ2n) is 5.34. The highest BCUT2D eigenvalue weighted by molar-refractivity contribution is 5.96. The van der Waals surface area contributed by atoms with E-state index in [0.29, 0.717) is 24.6 Å². The highest BCUT2D eigenvalue weighted by Gasteiger charge is 2.28. The number of carbonyl (C=O) groups excluding carboxylic acids is 2. The average Bonchev–Trinajstić information content (AvgIpc) is 2.55. The van der Waals surface area contributed by atoms with Crippen LogP contribution in [0.2, 0.25) is 0 Å². The Bertz CT molecular complexity index is 576. The minimum atomic E-state index is -0.447.